The number of nitrogens with one attached hydrogen (secondary N) is 1. The van der Waals surface area contributed by atoms with Crippen LogP contribution in [0.25, 0.3) is 0 Å². The Morgan fingerprint density at radius 3 is 2.80 bits per heavy atom. The van der Waals surface area contributed by atoms with Crippen LogP contribution < -0.4 is 4.74 Å². The van der Waals surface area contributed by atoms with E-state index in [0.717, 1.165) is 30.1 Å². The molecule has 0 unspecified atom stereocenters. The van der Waals surface area contributed by atoms with E-state index in [1.807, 2.05) is 0 Å². The zero-order chi connectivity index (χ0) is 14.4. The maximum absolute atomic E-state index is 5.84. The predicted octanol–water partition coefficient (Wildman–Crippen LogP) is 4.73. The summed E-state index contributed by atoms with van der Waals surface area (Å²) in [6, 6.07) is 6.43. The number of aromatic nitrogens is 1. The quantitative estimate of drug-likeness (QED) is 0.456. The third-order valence-corrected chi connectivity index (χ3v) is 4.01. The van der Waals surface area contributed by atoms with Gasteiger partial charge in [0.15, 0.2) is 0 Å². The largest absolute Gasteiger partial charge is 0.483 e. The summed E-state index contributed by atoms with van der Waals surface area (Å²) in [5.74, 6) is 3.18. The first-order valence-corrected chi connectivity index (χ1v) is 8.29. The third-order valence-electron chi connectivity index (χ3n) is 3.03. The summed E-state index contributed by atoms with van der Waals surface area (Å²) < 4.78 is 11.1. The molecular formula is C15H19NO2S2. The van der Waals surface area contributed by atoms with Gasteiger partial charge in [0.25, 0.3) is 4.84 Å². The van der Waals surface area contributed by atoms with Crippen molar-refractivity contribution in [1.82, 2.24) is 4.98 Å². The minimum atomic E-state index is 0.421. The molecule has 0 aliphatic heterocycles. The number of benzene rings is 1. The Bertz CT molecular complexity index is 604. The minimum Gasteiger partial charge on any atom is -0.483 e. The normalized spacial score (nSPS) is 10.7. The topological polar surface area (TPSA) is 38.2 Å². The molecule has 0 bridgehead atoms. The molecule has 1 aromatic heterocycles. The second-order valence-electron chi connectivity index (χ2n) is 4.40. The van der Waals surface area contributed by atoms with Crippen LogP contribution in [0.15, 0.2) is 28.8 Å². The number of rotatable bonds is 7. The molecular weight excluding hydrogens is 290 g/mol. The Morgan fingerprint density at radius 1 is 1.30 bits per heavy atom. The van der Waals surface area contributed by atoms with E-state index < -0.39 is 0 Å². The van der Waals surface area contributed by atoms with E-state index in [1.165, 1.54) is 11.1 Å². The molecule has 0 fully saturated rings. The summed E-state index contributed by atoms with van der Waals surface area (Å²) in [5.41, 5.74) is 2.62. The monoisotopic (exact) mass is 309 g/mol. The van der Waals surface area contributed by atoms with Gasteiger partial charge < -0.3 is 14.1 Å². The first-order chi connectivity index (χ1) is 9.72. The lowest BCUT2D eigenvalue weighted by atomic mass is 10.1. The highest BCUT2D eigenvalue weighted by Crippen LogP contribution is 2.23. The summed E-state index contributed by atoms with van der Waals surface area (Å²) in [4.78, 5) is 3.27. The van der Waals surface area contributed by atoms with E-state index in [0.29, 0.717) is 10.8 Å². The van der Waals surface area contributed by atoms with Gasteiger partial charge in [0, 0.05) is 6.20 Å². The fourth-order valence-electron chi connectivity index (χ4n) is 1.91. The van der Waals surface area contributed by atoms with E-state index in [-0.39, 0.29) is 0 Å². The van der Waals surface area contributed by atoms with E-state index in [1.54, 1.807) is 18.0 Å². The molecule has 0 saturated heterocycles. The second-order valence-corrected chi connectivity index (χ2v) is 5.71. The SMILES string of the molecule is CCc1ccc(OCSCc2c[nH]c(=S)o2)c(CC)c1. The Morgan fingerprint density at radius 2 is 2.15 bits per heavy atom. The molecule has 2 rings (SSSR count). The van der Waals surface area contributed by atoms with Crippen LogP contribution in [-0.2, 0) is 18.6 Å². The molecule has 0 aliphatic carbocycles. The highest BCUT2D eigenvalue weighted by Gasteiger charge is 2.04. The van der Waals surface area contributed by atoms with Crippen molar-refractivity contribution < 1.29 is 9.15 Å². The van der Waals surface area contributed by atoms with Gasteiger partial charge in [-0.15, -0.1) is 11.8 Å². The van der Waals surface area contributed by atoms with Crippen LogP contribution in [0.3, 0.4) is 0 Å². The van der Waals surface area contributed by atoms with Crippen molar-refractivity contribution in [3.05, 3.63) is 46.1 Å². The van der Waals surface area contributed by atoms with Gasteiger partial charge in [-0.05, 0) is 42.3 Å². The molecule has 0 atom stereocenters. The molecule has 0 spiro atoms. The number of hydrogen-bond donors (Lipinski definition) is 1. The van der Waals surface area contributed by atoms with Gasteiger partial charge in [0.05, 0.1) is 5.75 Å². The van der Waals surface area contributed by atoms with Gasteiger partial charge in [-0.1, -0.05) is 26.0 Å². The molecule has 1 aromatic carbocycles. The highest BCUT2D eigenvalue weighted by atomic mass is 32.2. The minimum absolute atomic E-state index is 0.421. The number of aryl methyl sites for hydroxylation is 2. The number of thioether (sulfide) groups is 1. The lowest BCUT2D eigenvalue weighted by Gasteiger charge is -2.11. The molecule has 0 radical (unpaired) electrons. The predicted molar refractivity (Wildman–Crippen MR) is 85.9 cm³/mol. The van der Waals surface area contributed by atoms with Gasteiger partial charge >= 0.3 is 0 Å². The third kappa shape index (κ3) is 4.15. The molecule has 2 aromatic rings. The first kappa shape index (κ1) is 15.2. The van der Waals surface area contributed by atoms with Crippen LogP contribution in [0.5, 0.6) is 5.75 Å². The molecule has 3 nitrogen and oxygen atoms in total. The lowest BCUT2D eigenvalue weighted by molar-refractivity contribution is 0.388. The molecule has 108 valence electrons. The van der Waals surface area contributed by atoms with Gasteiger partial charge in [-0.2, -0.15) is 0 Å². The number of oxazole rings is 1. The molecule has 0 amide bonds. The van der Waals surface area contributed by atoms with E-state index in [2.05, 4.69) is 37.0 Å². The Hall–Kier alpha value is -1.20. The Balaban J connectivity index is 1.86. The van der Waals surface area contributed by atoms with E-state index >= 15 is 0 Å². The van der Waals surface area contributed by atoms with Crippen molar-refractivity contribution in [2.45, 2.75) is 32.4 Å². The average Bonchev–Trinajstić information content (AvgIpc) is 2.89. The second kappa shape index (κ2) is 7.55. The summed E-state index contributed by atoms with van der Waals surface area (Å²) in [5, 5.41) is 0. The zero-order valence-corrected chi connectivity index (χ0v) is 13.4. The van der Waals surface area contributed by atoms with Crippen LogP contribution in [0, 0.1) is 4.84 Å². The number of H-pyrrole nitrogens is 1. The zero-order valence-electron chi connectivity index (χ0n) is 11.8. The molecule has 0 saturated carbocycles. The Labute approximate surface area is 128 Å². The van der Waals surface area contributed by atoms with Gasteiger partial charge in [-0.25, -0.2) is 0 Å². The van der Waals surface area contributed by atoms with Crippen LogP contribution in [0.2, 0.25) is 0 Å². The fraction of sp³-hybridized carbons (Fsp3) is 0.400. The number of aromatic amines is 1. The smallest absolute Gasteiger partial charge is 0.266 e. The van der Waals surface area contributed by atoms with Gasteiger partial charge in [0.1, 0.15) is 17.4 Å². The van der Waals surface area contributed by atoms with Crippen LogP contribution >= 0.6 is 24.0 Å². The average molecular weight is 309 g/mol. The fourth-order valence-corrected chi connectivity index (χ4v) is 2.71. The number of hydrogen-bond acceptors (Lipinski definition) is 4. The van der Waals surface area contributed by atoms with Crippen LogP contribution in [0.4, 0.5) is 0 Å². The molecule has 1 heterocycles. The van der Waals surface area contributed by atoms with E-state index in [4.69, 9.17) is 21.4 Å². The van der Waals surface area contributed by atoms with Gasteiger partial charge in [-0.3, -0.25) is 0 Å². The van der Waals surface area contributed by atoms with Gasteiger partial charge in [0.2, 0.25) is 0 Å². The van der Waals surface area contributed by atoms with Crippen molar-refractivity contribution in [2.75, 3.05) is 5.94 Å². The standard InChI is InChI=1S/C15H19NO2S2/c1-3-11-5-6-14(12(4-2)7-11)17-10-20-9-13-8-16-15(19)18-13/h5-8H,3-4,9-10H2,1-2H3,(H,16,19). The summed E-state index contributed by atoms with van der Waals surface area (Å²) in [7, 11) is 0. The van der Waals surface area contributed by atoms with E-state index in [9.17, 15) is 0 Å². The van der Waals surface area contributed by atoms with Crippen LogP contribution in [-0.4, -0.2) is 10.9 Å². The first-order valence-electron chi connectivity index (χ1n) is 6.72. The summed E-state index contributed by atoms with van der Waals surface area (Å²) in [6.07, 6.45) is 3.84. The van der Waals surface area contributed by atoms with Crippen molar-refractivity contribution in [1.29, 1.82) is 0 Å². The lowest BCUT2D eigenvalue weighted by Crippen LogP contribution is -1.98. The highest BCUT2D eigenvalue weighted by molar-refractivity contribution is 7.98. The van der Waals surface area contributed by atoms with Crippen molar-refractivity contribution in [3.63, 3.8) is 0 Å². The summed E-state index contributed by atoms with van der Waals surface area (Å²) >= 11 is 6.54. The maximum atomic E-state index is 5.84. The van der Waals surface area contributed by atoms with Crippen molar-refractivity contribution >= 4 is 24.0 Å². The van der Waals surface area contributed by atoms with Crippen LogP contribution in [0.1, 0.15) is 30.7 Å². The Kier molecular flexibility index (Phi) is 5.73. The molecule has 1 N–H and O–H groups in total. The molecule has 20 heavy (non-hydrogen) atoms. The maximum Gasteiger partial charge on any atom is 0.266 e. The van der Waals surface area contributed by atoms with Crippen molar-refractivity contribution in [3.8, 4) is 5.75 Å². The molecule has 5 heteroatoms. The summed E-state index contributed by atoms with van der Waals surface area (Å²) in [6.45, 7) is 4.32. The number of ether oxygens (including phenoxy) is 1. The van der Waals surface area contributed by atoms with Crippen molar-refractivity contribution in [2.24, 2.45) is 0 Å². The molecule has 0 aliphatic rings.